The maximum absolute atomic E-state index is 5.72. The van der Waals surface area contributed by atoms with Crippen molar-refractivity contribution in [2.45, 2.75) is 39.5 Å². The Labute approximate surface area is 133 Å². The largest absolute Gasteiger partial charge is 0.490 e. The van der Waals surface area contributed by atoms with Crippen LogP contribution in [0, 0.1) is 5.92 Å². The molecule has 1 atom stereocenters. The van der Waals surface area contributed by atoms with Crippen LogP contribution >= 0.6 is 12.2 Å². The van der Waals surface area contributed by atoms with E-state index in [0.717, 1.165) is 17.9 Å². The van der Waals surface area contributed by atoms with Crippen LogP contribution in [0.2, 0.25) is 0 Å². The zero-order valence-corrected chi connectivity index (χ0v) is 14.0. The summed E-state index contributed by atoms with van der Waals surface area (Å²) in [5, 5.41) is 0. The van der Waals surface area contributed by atoms with Crippen LogP contribution in [-0.4, -0.2) is 24.8 Å². The molecule has 1 rings (SSSR count). The van der Waals surface area contributed by atoms with Gasteiger partial charge in [-0.25, -0.2) is 0 Å². The fraction of sp³-hybridized carbons (Fsp3) is 0.588. The lowest BCUT2D eigenvalue weighted by atomic mass is 10.0. The maximum Gasteiger partial charge on any atom is 0.129 e. The van der Waals surface area contributed by atoms with E-state index >= 15 is 0 Å². The molecule has 1 unspecified atom stereocenters. The molecular formula is C17H27NO2S. The van der Waals surface area contributed by atoms with Gasteiger partial charge in [-0.1, -0.05) is 57.5 Å². The van der Waals surface area contributed by atoms with Gasteiger partial charge in [0.2, 0.25) is 0 Å². The molecule has 0 radical (unpaired) electrons. The van der Waals surface area contributed by atoms with Crippen LogP contribution in [0.25, 0.3) is 0 Å². The van der Waals surface area contributed by atoms with Gasteiger partial charge in [0.05, 0.1) is 12.2 Å². The Morgan fingerprint density at radius 2 is 2.00 bits per heavy atom. The Morgan fingerprint density at radius 3 is 2.67 bits per heavy atom. The van der Waals surface area contributed by atoms with Crippen LogP contribution in [0.1, 0.15) is 45.1 Å². The number of unbranched alkanes of at least 4 members (excludes halogenated alkanes) is 1. The minimum atomic E-state index is 0.358. The molecule has 1 aromatic carbocycles. The van der Waals surface area contributed by atoms with E-state index < -0.39 is 0 Å². The molecule has 0 aliphatic carbocycles. The summed E-state index contributed by atoms with van der Waals surface area (Å²) in [5.41, 5.74) is 6.45. The van der Waals surface area contributed by atoms with Gasteiger partial charge in [-0.05, 0) is 24.5 Å². The molecule has 0 saturated heterocycles. The van der Waals surface area contributed by atoms with Crippen molar-refractivity contribution in [2.75, 3.05) is 19.8 Å². The normalized spacial score (nSPS) is 12.1. The lowest BCUT2D eigenvalue weighted by Crippen LogP contribution is -2.15. The molecule has 0 amide bonds. The van der Waals surface area contributed by atoms with Gasteiger partial charge in [0.25, 0.3) is 0 Å². The Bertz CT molecular complexity index is 423. The van der Waals surface area contributed by atoms with E-state index in [0.29, 0.717) is 24.1 Å². The highest BCUT2D eigenvalue weighted by molar-refractivity contribution is 7.80. The van der Waals surface area contributed by atoms with Crippen molar-refractivity contribution in [3.63, 3.8) is 0 Å². The molecule has 0 saturated carbocycles. The summed E-state index contributed by atoms with van der Waals surface area (Å²) in [7, 11) is 0. The molecule has 0 spiro atoms. The third-order valence-corrected chi connectivity index (χ3v) is 3.75. The average molecular weight is 309 g/mol. The highest BCUT2D eigenvalue weighted by atomic mass is 32.1. The predicted octanol–water partition coefficient (Wildman–Crippen LogP) is 3.93. The molecule has 0 bridgehead atoms. The van der Waals surface area contributed by atoms with Gasteiger partial charge in [0.1, 0.15) is 17.3 Å². The van der Waals surface area contributed by atoms with Gasteiger partial charge in [-0.3, -0.25) is 0 Å². The van der Waals surface area contributed by atoms with Crippen molar-refractivity contribution in [3.05, 3.63) is 29.8 Å². The number of thiocarbonyl (C=S) groups is 1. The van der Waals surface area contributed by atoms with Gasteiger partial charge in [0, 0.05) is 6.61 Å². The smallest absolute Gasteiger partial charge is 0.129 e. The third-order valence-electron chi connectivity index (χ3n) is 3.53. The number of hydrogen-bond donors (Lipinski definition) is 1. The van der Waals surface area contributed by atoms with Crippen molar-refractivity contribution >= 4 is 17.2 Å². The van der Waals surface area contributed by atoms with Crippen molar-refractivity contribution in [2.24, 2.45) is 11.7 Å². The summed E-state index contributed by atoms with van der Waals surface area (Å²) in [6.07, 6.45) is 4.94. The van der Waals surface area contributed by atoms with E-state index in [1.807, 2.05) is 24.3 Å². The average Bonchev–Trinajstić information content (AvgIpc) is 2.50. The molecule has 118 valence electrons. The maximum atomic E-state index is 5.72. The highest BCUT2D eigenvalue weighted by Gasteiger charge is 2.07. The molecule has 0 aromatic heterocycles. The van der Waals surface area contributed by atoms with E-state index in [2.05, 4.69) is 13.8 Å². The van der Waals surface area contributed by atoms with Gasteiger partial charge >= 0.3 is 0 Å². The first kappa shape index (κ1) is 17.9. The second-order valence-corrected chi connectivity index (χ2v) is 5.64. The molecule has 3 nitrogen and oxygen atoms in total. The van der Waals surface area contributed by atoms with Crippen LogP contribution in [0.5, 0.6) is 5.75 Å². The topological polar surface area (TPSA) is 44.5 Å². The lowest BCUT2D eigenvalue weighted by molar-refractivity contribution is 0.0699. The summed E-state index contributed by atoms with van der Waals surface area (Å²) < 4.78 is 11.4. The fourth-order valence-electron chi connectivity index (χ4n) is 2.15. The quantitative estimate of drug-likeness (QED) is 0.497. The van der Waals surface area contributed by atoms with Gasteiger partial charge in [0.15, 0.2) is 0 Å². The van der Waals surface area contributed by atoms with Crippen LogP contribution in [-0.2, 0) is 4.74 Å². The van der Waals surface area contributed by atoms with E-state index in [-0.39, 0.29) is 0 Å². The summed E-state index contributed by atoms with van der Waals surface area (Å²) in [4.78, 5) is 0.358. The van der Waals surface area contributed by atoms with E-state index in [1.165, 1.54) is 25.7 Å². The zero-order valence-electron chi connectivity index (χ0n) is 13.1. The number of ether oxygens (including phenoxy) is 2. The minimum Gasteiger partial charge on any atom is -0.490 e. The molecule has 0 aliphatic rings. The Balaban J connectivity index is 2.26. The standard InChI is InChI=1S/C17H27NO2S/c1-3-5-8-14(4-2)13-19-11-12-20-16-10-7-6-9-15(16)17(18)21/h6-7,9-10,14H,3-5,8,11-13H2,1-2H3,(H2,18,21). The third kappa shape index (κ3) is 6.91. The van der Waals surface area contributed by atoms with Crippen LogP contribution in [0.3, 0.4) is 0 Å². The summed E-state index contributed by atoms with van der Waals surface area (Å²) in [5.74, 6) is 1.39. The number of hydrogen-bond acceptors (Lipinski definition) is 3. The molecule has 0 heterocycles. The first-order valence-corrected chi connectivity index (χ1v) is 8.19. The Morgan fingerprint density at radius 1 is 1.24 bits per heavy atom. The summed E-state index contributed by atoms with van der Waals surface area (Å²) >= 11 is 5.01. The second-order valence-electron chi connectivity index (χ2n) is 5.20. The minimum absolute atomic E-state index is 0.358. The first-order chi connectivity index (χ1) is 10.2. The SMILES string of the molecule is CCCCC(CC)COCCOc1ccccc1C(N)=S. The summed E-state index contributed by atoms with van der Waals surface area (Å²) in [6.45, 7) is 6.37. The molecule has 4 heteroatoms. The van der Waals surface area contributed by atoms with Crippen LogP contribution < -0.4 is 10.5 Å². The molecule has 0 aliphatic heterocycles. The number of rotatable bonds is 11. The Kier molecular flexibility index (Phi) is 9.02. The van der Waals surface area contributed by atoms with Gasteiger partial charge in [-0.2, -0.15) is 0 Å². The Hall–Kier alpha value is -1.13. The van der Waals surface area contributed by atoms with Crippen molar-refractivity contribution in [1.82, 2.24) is 0 Å². The van der Waals surface area contributed by atoms with Crippen molar-refractivity contribution in [3.8, 4) is 5.75 Å². The molecule has 2 N–H and O–H groups in total. The number of para-hydroxylation sites is 1. The van der Waals surface area contributed by atoms with E-state index in [1.54, 1.807) is 0 Å². The van der Waals surface area contributed by atoms with Crippen LogP contribution in [0.15, 0.2) is 24.3 Å². The van der Waals surface area contributed by atoms with Gasteiger partial charge in [-0.15, -0.1) is 0 Å². The summed E-state index contributed by atoms with van der Waals surface area (Å²) in [6, 6.07) is 7.56. The zero-order chi connectivity index (χ0) is 15.5. The lowest BCUT2D eigenvalue weighted by Gasteiger charge is -2.15. The van der Waals surface area contributed by atoms with E-state index in [9.17, 15) is 0 Å². The monoisotopic (exact) mass is 309 g/mol. The van der Waals surface area contributed by atoms with Gasteiger partial charge < -0.3 is 15.2 Å². The van der Waals surface area contributed by atoms with E-state index in [4.69, 9.17) is 27.4 Å². The molecule has 21 heavy (non-hydrogen) atoms. The second kappa shape index (κ2) is 10.6. The number of benzene rings is 1. The fourth-order valence-corrected chi connectivity index (χ4v) is 2.32. The molecule has 0 fully saturated rings. The first-order valence-electron chi connectivity index (χ1n) is 7.78. The molecule has 1 aromatic rings. The predicted molar refractivity (Wildman–Crippen MR) is 91.9 cm³/mol. The van der Waals surface area contributed by atoms with Crippen molar-refractivity contribution < 1.29 is 9.47 Å². The molecular weight excluding hydrogens is 282 g/mol. The van der Waals surface area contributed by atoms with Crippen LogP contribution in [0.4, 0.5) is 0 Å². The highest BCUT2D eigenvalue weighted by Crippen LogP contribution is 2.17. The van der Waals surface area contributed by atoms with Crippen molar-refractivity contribution in [1.29, 1.82) is 0 Å². The number of nitrogens with two attached hydrogens (primary N) is 1.